The van der Waals surface area contributed by atoms with E-state index in [1.807, 2.05) is 24.3 Å². The molecule has 0 radical (unpaired) electrons. The van der Waals surface area contributed by atoms with Gasteiger partial charge >= 0.3 is 0 Å². The van der Waals surface area contributed by atoms with Crippen LogP contribution in [0.15, 0.2) is 33.2 Å². The highest BCUT2D eigenvalue weighted by Gasteiger charge is 2.15. The Kier molecular flexibility index (Phi) is 3.79. The van der Waals surface area contributed by atoms with Gasteiger partial charge in [-0.3, -0.25) is 0 Å². The van der Waals surface area contributed by atoms with Crippen molar-refractivity contribution in [2.75, 3.05) is 12.0 Å². The van der Waals surface area contributed by atoms with E-state index in [0.29, 0.717) is 12.2 Å². The molecule has 98 valence electrons. The SMILES string of the molecule is CS(=O)(=O)CCC(N)c1cc2cccc(Br)c2o1. The van der Waals surface area contributed by atoms with E-state index in [-0.39, 0.29) is 5.75 Å². The van der Waals surface area contributed by atoms with Gasteiger partial charge in [0.15, 0.2) is 0 Å². The topological polar surface area (TPSA) is 73.3 Å². The molecule has 0 aliphatic rings. The van der Waals surface area contributed by atoms with E-state index in [2.05, 4.69) is 15.9 Å². The second-order valence-corrected chi connectivity index (χ2v) is 7.45. The number of para-hydroxylation sites is 1. The van der Waals surface area contributed by atoms with Gasteiger partial charge < -0.3 is 10.2 Å². The first kappa shape index (κ1) is 13.6. The molecule has 18 heavy (non-hydrogen) atoms. The molecular weight excluding hydrogens is 318 g/mol. The van der Waals surface area contributed by atoms with Crippen molar-refractivity contribution in [3.8, 4) is 0 Å². The van der Waals surface area contributed by atoms with Crippen LogP contribution in [0.3, 0.4) is 0 Å². The summed E-state index contributed by atoms with van der Waals surface area (Å²) in [4.78, 5) is 0. The monoisotopic (exact) mass is 331 g/mol. The van der Waals surface area contributed by atoms with Crippen molar-refractivity contribution < 1.29 is 12.8 Å². The average Bonchev–Trinajstić information content (AvgIpc) is 2.70. The molecule has 0 aliphatic heterocycles. The van der Waals surface area contributed by atoms with Crippen LogP contribution in [-0.4, -0.2) is 20.4 Å². The fourth-order valence-electron chi connectivity index (χ4n) is 1.71. The highest BCUT2D eigenvalue weighted by Crippen LogP contribution is 2.29. The van der Waals surface area contributed by atoms with Gasteiger partial charge in [-0.15, -0.1) is 0 Å². The summed E-state index contributed by atoms with van der Waals surface area (Å²) in [6, 6.07) is 7.17. The Balaban J connectivity index is 2.23. The molecule has 1 atom stereocenters. The number of rotatable bonds is 4. The van der Waals surface area contributed by atoms with Gasteiger partial charge in [-0.2, -0.15) is 0 Å². The van der Waals surface area contributed by atoms with Crippen LogP contribution in [0.1, 0.15) is 18.2 Å². The maximum atomic E-state index is 11.1. The Bertz CT molecular complexity index is 663. The lowest BCUT2D eigenvalue weighted by Gasteiger charge is -2.06. The number of furan rings is 1. The number of hydrogen-bond acceptors (Lipinski definition) is 4. The predicted molar refractivity (Wildman–Crippen MR) is 75.2 cm³/mol. The maximum Gasteiger partial charge on any atom is 0.148 e. The average molecular weight is 332 g/mol. The molecule has 0 saturated heterocycles. The molecule has 0 bridgehead atoms. The van der Waals surface area contributed by atoms with E-state index in [1.54, 1.807) is 0 Å². The summed E-state index contributed by atoms with van der Waals surface area (Å²) in [7, 11) is -3.00. The van der Waals surface area contributed by atoms with Crippen molar-refractivity contribution in [2.24, 2.45) is 5.73 Å². The molecule has 0 saturated carbocycles. The highest BCUT2D eigenvalue weighted by atomic mass is 79.9. The van der Waals surface area contributed by atoms with Gasteiger partial charge in [-0.1, -0.05) is 12.1 Å². The van der Waals surface area contributed by atoms with Crippen molar-refractivity contribution in [2.45, 2.75) is 12.5 Å². The van der Waals surface area contributed by atoms with E-state index in [0.717, 1.165) is 15.4 Å². The second kappa shape index (κ2) is 5.03. The Labute approximate surface area is 114 Å². The van der Waals surface area contributed by atoms with E-state index < -0.39 is 15.9 Å². The normalized spacial score (nSPS) is 13.9. The zero-order chi connectivity index (χ0) is 13.3. The van der Waals surface area contributed by atoms with Crippen molar-refractivity contribution in [3.63, 3.8) is 0 Å². The molecule has 0 aliphatic carbocycles. The van der Waals surface area contributed by atoms with Crippen molar-refractivity contribution in [1.29, 1.82) is 0 Å². The first-order chi connectivity index (χ1) is 8.37. The molecule has 4 nitrogen and oxygen atoms in total. The molecule has 2 aromatic rings. The van der Waals surface area contributed by atoms with Crippen molar-refractivity contribution in [3.05, 3.63) is 34.5 Å². The zero-order valence-corrected chi connectivity index (χ0v) is 12.3. The third-order valence-electron chi connectivity index (χ3n) is 2.68. The maximum absolute atomic E-state index is 11.1. The van der Waals surface area contributed by atoms with E-state index in [4.69, 9.17) is 10.2 Å². The van der Waals surface area contributed by atoms with Gasteiger partial charge in [0.05, 0.1) is 16.3 Å². The third-order valence-corrected chi connectivity index (χ3v) is 4.28. The van der Waals surface area contributed by atoms with E-state index >= 15 is 0 Å². The standard InChI is InChI=1S/C12H14BrNO3S/c1-18(15,16)6-5-10(14)11-7-8-3-2-4-9(13)12(8)17-11/h2-4,7,10H,5-6,14H2,1H3. The predicted octanol–water partition coefficient (Wildman–Crippen LogP) is 2.63. The highest BCUT2D eigenvalue weighted by molar-refractivity contribution is 9.10. The third kappa shape index (κ3) is 3.13. The lowest BCUT2D eigenvalue weighted by molar-refractivity contribution is 0.486. The smallest absolute Gasteiger partial charge is 0.148 e. The molecule has 0 amide bonds. The first-order valence-corrected chi connectivity index (χ1v) is 8.33. The summed E-state index contributed by atoms with van der Waals surface area (Å²) in [5.74, 6) is 0.674. The van der Waals surface area contributed by atoms with Crippen LogP contribution in [0.4, 0.5) is 0 Å². The number of halogens is 1. The Hall–Kier alpha value is -0.850. The molecule has 1 aromatic heterocycles. The Morgan fingerprint density at radius 3 is 2.78 bits per heavy atom. The molecule has 2 rings (SSSR count). The van der Waals surface area contributed by atoms with Gasteiger partial charge in [0.1, 0.15) is 21.2 Å². The van der Waals surface area contributed by atoms with E-state index in [9.17, 15) is 8.42 Å². The molecule has 2 N–H and O–H groups in total. The second-order valence-electron chi connectivity index (χ2n) is 4.33. The quantitative estimate of drug-likeness (QED) is 0.934. The lowest BCUT2D eigenvalue weighted by atomic mass is 10.1. The first-order valence-electron chi connectivity index (χ1n) is 5.48. The van der Waals surface area contributed by atoms with Crippen LogP contribution in [-0.2, 0) is 9.84 Å². The van der Waals surface area contributed by atoms with Gasteiger partial charge in [-0.25, -0.2) is 8.42 Å². The van der Waals surface area contributed by atoms with Gasteiger partial charge in [-0.05, 0) is 34.5 Å². The fraction of sp³-hybridized carbons (Fsp3) is 0.333. The molecule has 0 spiro atoms. The Morgan fingerprint density at radius 2 is 2.17 bits per heavy atom. The van der Waals surface area contributed by atoms with Crippen LogP contribution in [0.25, 0.3) is 11.0 Å². The van der Waals surface area contributed by atoms with Gasteiger partial charge in [0, 0.05) is 11.6 Å². The summed E-state index contributed by atoms with van der Waals surface area (Å²) in [6.07, 6.45) is 1.56. The molecule has 1 heterocycles. The summed E-state index contributed by atoms with van der Waals surface area (Å²) in [5.41, 5.74) is 6.68. The number of nitrogens with two attached hydrogens (primary N) is 1. The summed E-state index contributed by atoms with van der Waals surface area (Å²) < 4.78 is 28.7. The van der Waals surface area contributed by atoms with Crippen molar-refractivity contribution in [1.82, 2.24) is 0 Å². The van der Waals surface area contributed by atoms with Crippen LogP contribution < -0.4 is 5.73 Å². The number of hydrogen-bond donors (Lipinski definition) is 1. The fourth-order valence-corrected chi connectivity index (χ4v) is 2.86. The molecule has 1 unspecified atom stereocenters. The largest absolute Gasteiger partial charge is 0.458 e. The van der Waals surface area contributed by atoms with Crippen LogP contribution in [0.2, 0.25) is 0 Å². The van der Waals surface area contributed by atoms with Crippen molar-refractivity contribution >= 4 is 36.7 Å². The Morgan fingerprint density at radius 1 is 1.44 bits per heavy atom. The zero-order valence-electron chi connectivity index (χ0n) is 9.89. The minimum absolute atomic E-state index is 0.0619. The summed E-state index contributed by atoms with van der Waals surface area (Å²) in [6.45, 7) is 0. The summed E-state index contributed by atoms with van der Waals surface area (Å²) >= 11 is 3.40. The molecule has 6 heteroatoms. The molecule has 0 fully saturated rings. The summed E-state index contributed by atoms with van der Waals surface area (Å²) in [5, 5.41) is 0.953. The van der Waals surface area contributed by atoms with Crippen LogP contribution >= 0.6 is 15.9 Å². The van der Waals surface area contributed by atoms with Gasteiger partial charge in [0.2, 0.25) is 0 Å². The van der Waals surface area contributed by atoms with E-state index in [1.165, 1.54) is 6.26 Å². The van der Waals surface area contributed by atoms with Crippen LogP contribution in [0.5, 0.6) is 0 Å². The van der Waals surface area contributed by atoms with Gasteiger partial charge in [0.25, 0.3) is 0 Å². The van der Waals surface area contributed by atoms with Crippen LogP contribution in [0, 0.1) is 0 Å². The number of fused-ring (bicyclic) bond motifs is 1. The molecular formula is C12H14BrNO3S. The minimum atomic E-state index is -3.00. The minimum Gasteiger partial charge on any atom is -0.458 e. The lowest BCUT2D eigenvalue weighted by Crippen LogP contribution is -2.14. The number of sulfone groups is 1. The number of benzene rings is 1. The molecule has 1 aromatic carbocycles.